The predicted octanol–water partition coefficient (Wildman–Crippen LogP) is 24.2. The van der Waals surface area contributed by atoms with E-state index in [0.717, 1.165) is 0 Å². The number of benzene rings is 16. The molecule has 0 aliphatic carbocycles. The summed E-state index contributed by atoms with van der Waals surface area (Å²) in [4.78, 5) is 0. The fraction of sp³-hybridized carbons (Fsp3) is 0. The molecule has 0 fully saturated rings. The highest BCUT2D eigenvalue weighted by Crippen LogP contribution is 2.44. The molecule has 90 heavy (non-hydrogen) atoms. The number of nitrogens with zero attached hydrogens (tertiary/aromatic N) is 2. The van der Waals surface area contributed by atoms with E-state index in [0.29, 0.717) is 0 Å². The Labute approximate surface area is 522 Å². The second kappa shape index (κ2) is 22.1. The molecule has 420 valence electrons. The van der Waals surface area contributed by atoms with E-state index < -0.39 is 0 Å². The quantitative estimate of drug-likeness (QED) is 0.144. The van der Waals surface area contributed by atoms with Crippen LogP contribution in [0.4, 0.5) is 0 Å². The van der Waals surface area contributed by atoms with Crippen LogP contribution < -0.4 is 0 Å². The van der Waals surface area contributed by atoms with Gasteiger partial charge >= 0.3 is 0 Å². The molecule has 0 amide bonds. The lowest BCUT2D eigenvalue weighted by Crippen LogP contribution is -1.93. The van der Waals surface area contributed by atoms with E-state index in [1.807, 2.05) is 0 Å². The standard InChI is InChI=1S/2C44H29N/c1-3-11-30(12-4-1)31-19-23-35(24-20-31)45-42-18-10-9-17-41(42)44-38-25-21-33(29-34(38)22-28-43(44)45)37-27-26-36(32-13-5-2-6-14-32)39-15-7-8-16-40(37)39;1-3-11-30(12-4-1)31-21-24-35(25-22-31)45-42-18-10-9-17-40(42)44-41-29-34(20-19-33(41)23-28-43(44)45)37-27-26-36(32-13-5-2-6-14-32)38-15-7-8-16-39(37)38/h2*1-29H. The molecule has 2 nitrogen and oxygen atoms in total. The lowest BCUT2D eigenvalue weighted by atomic mass is 9.91. The second-order valence-electron chi connectivity index (χ2n) is 23.5. The van der Waals surface area contributed by atoms with Crippen molar-refractivity contribution in [3.8, 4) is 78.1 Å². The van der Waals surface area contributed by atoms with Crippen LogP contribution in [-0.4, -0.2) is 9.13 Å². The maximum absolute atomic E-state index is 2.41. The number of fused-ring (bicyclic) bond motifs is 12. The van der Waals surface area contributed by atoms with Gasteiger partial charge in [-0.15, -0.1) is 0 Å². The third-order valence-corrected chi connectivity index (χ3v) is 18.4. The first-order valence-electron chi connectivity index (χ1n) is 31.1. The molecule has 0 saturated carbocycles. The number of rotatable bonds is 8. The molecule has 0 bridgehead atoms. The summed E-state index contributed by atoms with van der Waals surface area (Å²) < 4.78 is 4.82. The maximum Gasteiger partial charge on any atom is 0.0547 e. The van der Waals surface area contributed by atoms with Gasteiger partial charge in [0.1, 0.15) is 0 Å². The lowest BCUT2D eigenvalue weighted by Gasteiger charge is -2.13. The largest absolute Gasteiger partial charge is 0.309 e. The molecule has 16 aromatic carbocycles. The summed E-state index contributed by atoms with van der Waals surface area (Å²) in [5, 5.41) is 15.3. The molecule has 2 heteroatoms. The zero-order chi connectivity index (χ0) is 59.5. The summed E-state index contributed by atoms with van der Waals surface area (Å²) in [7, 11) is 0. The van der Waals surface area contributed by atoms with Crippen LogP contribution in [0.25, 0.3) is 165 Å². The van der Waals surface area contributed by atoms with E-state index in [2.05, 4.69) is 361 Å². The molecule has 0 unspecified atom stereocenters. The van der Waals surface area contributed by atoms with Crippen molar-refractivity contribution in [1.82, 2.24) is 9.13 Å². The minimum Gasteiger partial charge on any atom is -0.309 e. The average molecular weight is 1140 g/mol. The van der Waals surface area contributed by atoms with Crippen LogP contribution >= 0.6 is 0 Å². The van der Waals surface area contributed by atoms with Crippen molar-refractivity contribution < 1.29 is 0 Å². The van der Waals surface area contributed by atoms with Crippen molar-refractivity contribution in [2.24, 2.45) is 0 Å². The topological polar surface area (TPSA) is 9.86 Å². The van der Waals surface area contributed by atoms with E-state index in [1.54, 1.807) is 0 Å². The summed E-state index contributed by atoms with van der Waals surface area (Å²) in [6.07, 6.45) is 0. The van der Waals surface area contributed by atoms with Crippen LogP contribution in [-0.2, 0) is 0 Å². The van der Waals surface area contributed by atoms with Crippen molar-refractivity contribution in [1.29, 1.82) is 0 Å². The molecule has 0 spiro atoms. The SMILES string of the molecule is c1ccc(-c2ccc(-n3c4ccccc4c4c5cc(-c6ccc(-c7ccccc7)c7ccccc67)ccc5ccc43)cc2)cc1.c1ccc(-c2ccc(-n3c4ccccc4c4c5ccc(-c6ccc(-c7ccccc7)c7ccccc67)cc5ccc43)cc2)cc1. The maximum atomic E-state index is 2.41. The van der Waals surface area contributed by atoms with Gasteiger partial charge in [0.25, 0.3) is 0 Å². The van der Waals surface area contributed by atoms with E-state index in [-0.39, 0.29) is 0 Å². The Kier molecular flexibility index (Phi) is 12.9. The number of aromatic nitrogens is 2. The van der Waals surface area contributed by atoms with Gasteiger partial charge in [-0.25, -0.2) is 0 Å². The molecular formula is C88H58N2. The molecule has 0 aliphatic heterocycles. The number of hydrogen-bond donors (Lipinski definition) is 0. The first kappa shape index (κ1) is 52.5. The predicted molar refractivity (Wildman–Crippen MR) is 384 cm³/mol. The van der Waals surface area contributed by atoms with Crippen molar-refractivity contribution in [2.45, 2.75) is 0 Å². The van der Waals surface area contributed by atoms with Gasteiger partial charge in [0, 0.05) is 32.9 Å². The molecule has 0 saturated heterocycles. The van der Waals surface area contributed by atoms with Crippen molar-refractivity contribution >= 4 is 86.7 Å². The minimum atomic E-state index is 1.17. The summed E-state index contributed by atoms with van der Waals surface area (Å²) >= 11 is 0. The Balaban J connectivity index is 0.000000139. The minimum absolute atomic E-state index is 1.17. The molecule has 0 atom stereocenters. The fourth-order valence-corrected chi connectivity index (χ4v) is 14.2. The van der Waals surface area contributed by atoms with Crippen molar-refractivity contribution in [3.63, 3.8) is 0 Å². The summed E-state index contributed by atoms with van der Waals surface area (Å²) in [6, 6.07) is 128. The Hall–Kier alpha value is -11.8. The molecule has 18 aromatic rings. The Morgan fingerprint density at radius 3 is 0.911 bits per heavy atom. The molecule has 18 rings (SSSR count). The summed E-state index contributed by atoms with van der Waals surface area (Å²) in [5.74, 6) is 0. The monoisotopic (exact) mass is 1140 g/mol. The van der Waals surface area contributed by atoms with Crippen LogP contribution in [0.2, 0.25) is 0 Å². The van der Waals surface area contributed by atoms with Crippen LogP contribution in [0.1, 0.15) is 0 Å². The highest BCUT2D eigenvalue weighted by atomic mass is 15.0. The second-order valence-corrected chi connectivity index (χ2v) is 23.5. The van der Waals surface area contributed by atoms with E-state index in [4.69, 9.17) is 0 Å². The summed E-state index contributed by atoms with van der Waals surface area (Å²) in [6.45, 7) is 0. The van der Waals surface area contributed by atoms with E-state index in [1.165, 1.54) is 165 Å². The van der Waals surface area contributed by atoms with Crippen LogP contribution in [0.15, 0.2) is 352 Å². The molecule has 0 aliphatic rings. The van der Waals surface area contributed by atoms with Crippen LogP contribution in [0.3, 0.4) is 0 Å². The van der Waals surface area contributed by atoms with Gasteiger partial charge in [-0.3, -0.25) is 0 Å². The first-order valence-corrected chi connectivity index (χ1v) is 31.1. The third kappa shape index (κ3) is 9.04. The molecule has 0 N–H and O–H groups in total. The normalized spacial score (nSPS) is 11.6. The van der Waals surface area contributed by atoms with E-state index in [9.17, 15) is 0 Å². The number of hydrogen-bond acceptors (Lipinski definition) is 0. The van der Waals surface area contributed by atoms with Gasteiger partial charge in [0.15, 0.2) is 0 Å². The van der Waals surface area contributed by atoms with Gasteiger partial charge in [-0.2, -0.15) is 0 Å². The fourth-order valence-electron chi connectivity index (χ4n) is 14.2. The zero-order valence-electron chi connectivity index (χ0n) is 49.4. The van der Waals surface area contributed by atoms with Crippen LogP contribution in [0.5, 0.6) is 0 Å². The highest BCUT2D eigenvalue weighted by molar-refractivity contribution is 6.23. The Bertz CT molecular complexity index is 5720. The van der Waals surface area contributed by atoms with Crippen LogP contribution in [0, 0.1) is 0 Å². The Morgan fingerprint density at radius 1 is 0.156 bits per heavy atom. The molecule has 2 aromatic heterocycles. The Morgan fingerprint density at radius 2 is 0.467 bits per heavy atom. The molecule has 2 heterocycles. The molecular weight excluding hydrogens is 1080 g/mol. The van der Waals surface area contributed by atoms with E-state index >= 15 is 0 Å². The van der Waals surface area contributed by atoms with Crippen molar-refractivity contribution in [3.05, 3.63) is 352 Å². The lowest BCUT2D eigenvalue weighted by molar-refractivity contribution is 1.18. The average Bonchev–Trinajstić information content (AvgIpc) is 1.64. The van der Waals surface area contributed by atoms with Crippen molar-refractivity contribution in [2.75, 3.05) is 0 Å². The van der Waals surface area contributed by atoms with Gasteiger partial charge in [-0.05, 0) is 171 Å². The highest BCUT2D eigenvalue weighted by Gasteiger charge is 2.19. The van der Waals surface area contributed by atoms with Gasteiger partial charge in [0.05, 0.1) is 22.1 Å². The van der Waals surface area contributed by atoms with Gasteiger partial charge in [-0.1, -0.05) is 291 Å². The smallest absolute Gasteiger partial charge is 0.0547 e. The first-order chi connectivity index (χ1) is 44.7. The zero-order valence-corrected chi connectivity index (χ0v) is 49.4. The summed E-state index contributed by atoms with van der Waals surface area (Å²) in [5.41, 5.74) is 22.1. The molecule has 0 radical (unpaired) electrons. The number of para-hydroxylation sites is 2. The van der Waals surface area contributed by atoms with Gasteiger partial charge < -0.3 is 9.13 Å². The van der Waals surface area contributed by atoms with Gasteiger partial charge in [0.2, 0.25) is 0 Å². The third-order valence-electron chi connectivity index (χ3n) is 18.4.